The molecule has 8 N–H and O–H groups in total. The predicted molar refractivity (Wildman–Crippen MR) is 52.7 cm³/mol. The van der Waals surface area contributed by atoms with Gasteiger partial charge in [0.2, 0.25) is 0 Å². The van der Waals surface area contributed by atoms with Gasteiger partial charge in [-0.1, -0.05) is 0 Å². The van der Waals surface area contributed by atoms with Gasteiger partial charge in [0, 0.05) is 34.1 Å². The first kappa shape index (κ1) is 50.7. The molecule has 0 saturated heterocycles. The zero-order valence-corrected chi connectivity index (χ0v) is 9.36. The number of hydrogen-bond acceptors (Lipinski definition) is 4. The van der Waals surface area contributed by atoms with E-state index in [2.05, 4.69) is 0 Å². The molecular formula is H12Ca2Cu2O10S2. The summed E-state index contributed by atoms with van der Waals surface area (Å²) in [6.07, 6.45) is 0. The van der Waals surface area contributed by atoms with Crippen molar-refractivity contribution in [2.75, 3.05) is 0 Å². The van der Waals surface area contributed by atoms with Crippen LogP contribution in [0.3, 0.4) is 0 Å². The first-order chi connectivity index (χ1) is 4.00. The van der Waals surface area contributed by atoms with E-state index in [9.17, 15) is 0 Å². The van der Waals surface area contributed by atoms with Crippen LogP contribution in [-0.2, 0) is 54.9 Å². The van der Waals surface area contributed by atoms with Crippen molar-refractivity contribution in [3.05, 3.63) is 0 Å². The van der Waals surface area contributed by atoms with Gasteiger partial charge in [-0.15, -0.1) is 0 Å². The van der Waals surface area contributed by atoms with Crippen LogP contribution in [0.4, 0.5) is 0 Å². The molecule has 0 aliphatic rings. The van der Waals surface area contributed by atoms with E-state index < -0.39 is 20.8 Å². The Morgan fingerprint density at radius 1 is 0.562 bits per heavy atom. The standard InChI is InChI=1S/2Ca.2Cu.2H2O4S.2H2O.4H/c;;;;2*1-5(2,3)4;;;;;;/h;;;;2*(H2,1,2,3,4);2*1H2;;;;. The van der Waals surface area contributed by atoms with Crippen LogP contribution in [0.15, 0.2) is 0 Å². The smallest absolute Gasteiger partial charge is 0 e. The quantitative estimate of drug-likeness (QED) is 0.210. The van der Waals surface area contributed by atoms with Gasteiger partial charge in [0.05, 0.1) is 0 Å². The molecule has 110 valence electrons. The molecule has 0 unspecified atom stereocenters. The van der Waals surface area contributed by atoms with Crippen molar-refractivity contribution in [3.63, 3.8) is 0 Å². The Morgan fingerprint density at radius 3 is 0.562 bits per heavy atom. The van der Waals surface area contributed by atoms with Crippen LogP contribution < -0.4 is 0 Å². The summed E-state index contributed by atoms with van der Waals surface area (Å²) in [5.74, 6) is 0. The fourth-order valence-electron chi connectivity index (χ4n) is 0. The summed E-state index contributed by atoms with van der Waals surface area (Å²) in [6, 6.07) is 0. The Kier molecular flexibility index (Phi) is 73.9. The van der Waals surface area contributed by atoms with Crippen LogP contribution in [0.1, 0.15) is 0 Å². The average molecular weight is 443 g/mol. The number of rotatable bonds is 0. The molecule has 0 aliphatic carbocycles. The van der Waals surface area contributed by atoms with E-state index in [1.165, 1.54) is 0 Å². The van der Waals surface area contributed by atoms with Crippen LogP contribution in [0.5, 0.6) is 0 Å². The van der Waals surface area contributed by atoms with Crippen molar-refractivity contribution < 1.29 is 80.1 Å². The molecule has 0 saturated carbocycles. The summed E-state index contributed by atoms with van der Waals surface area (Å²) in [4.78, 5) is 0. The zero-order chi connectivity index (χ0) is 9.00. The molecular weight excluding hydrogens is 431 g/mol. The third-order valence-electron chi connectivity index (χ3n) is 0. The Balaban J connectivity index is -0.00000000970. The Labute approximate surface area is 173 Å². The zero-order valence-electron chi connectivity index (χ0n) is 5.84. The van der Waals surface area contributed by atoms with E-state index in [-0.39, 0.29) is 121 Å². The van der Waals surface area contributed by atoms with Crippen LogP contribution >= 0.6 is 0 Å². The molecule has 0 aromatic heterocycles. The second-order valence-corrected chi connectivity index (χ2v) is 2.69. The minimum atomic E-state index is -4.67. The Morgan fingerprint density at radius 2 is 0.562 bits per heavy atom. The molecule has 0 heterocycles. The van der Waals surface area contributed by atoms with E-state index in [0.29, 0.717) is 0 Å². The van der Waals surface area contributed by atoms with Gasteiger partial charge in [-0.25, -0.2) is 0 Å². The monoisotopic (exact) mass is 442 g/mol. The summed E-state index contributed by atoms with van der Waals surface area (Å²) in [5, 5.41) is 0. The van der Waals surface area contributed by atoms with Crippen molar-refractivity contribution in [1.29, 1.82) is 0 Å². The van der Waals surface area contributed by atoms with Gasteiger partial charge in [-0.05, 0) is 0 Å². The molecule has 0 aromatic rings. The predicted octanol–water partition coefficient (Wildman–Crippen LogP) is -4.79. The first-order valence-electron chi connectivity index (χ1n) is 1.40. The fourth-order valence-corrected chi connectivity index (χ4v) is 0. The van der Waals surface area contributed by atoms with Crippen molar-refractivity contribution in [1.82, 2.24) is 0 Å². The summed E-state index contributed by atoms with van der Waals surface area (Å²) < 4.78 is 63.2. The largest absolute Gasteiger partial charge is 0 e. The van der Waals surface area contributed by atoms with Crippen molar-refractivity contribution >= 4 is 96.3 Å². The van der Waals surface area contributed by atoms with Gasteiger partial charge in [0.25, 0.3) is 0 Å². The fraction of sp³-hybridized carbons (Fsp3) is 0. The molecule has 16 heteroatoms. The first-order valence-corrected chi connectivity index (χ1v) is 4.19. The summed E-state index contributed by atoms with van der Waals surface area (Å²) in [6.45, 7) is 0. The minimum Gasteiger partial charge on any atom is 0 e. The van der Waals surface area contributed by atoms with Crippen LogP contribution in [0.2, 0.25) is 0 Å². The van der Waals surface area contributed by atoms with E-state index in [4.69, 9.17) is 35.0 Å². The second kappa shape index (κ2) is 23.3. The summed E-state index contributed by atoms with van der Waals surface area (Å²) in [7, 11) is -9.33. The molecule has 0 amide bonds. The van der Waals surface area contributed by atoms with Gasteiger partial charge in [-0.3, -0.25) is 18.2 Å². The third kappa shape index (κ3) is 437. The van der Waals surface area contributed by atoms with Gasteiger partial charge in [0.15, 0.2) is 0 Å². The maximum absolute atomic E-state index is 8.74. The topological polar surface area (TPSA) is 212 Å². The maximum Gasteiger partial charge on any atom is 0 e. The van der Waals surface area contributed by atoms with E-state index in [1.54, 1.807) is 0 Å². The van der Waals surface area contributed by atoms with E-state index >= 15 is 0 Å². The SMILES string of the molecule is O.O.O=S(=O)(O)O.O=S(=O)(O)O.[CaH2].[CaH2].[Cu].[Cu]. The Bertz CT molecular complexity index is 221. The molecule has 0 rings (SSSR count). The molecule has 2 radical (unpaired) electrons. The second-order valence-electron chi connectivity index (χ2n) is 0.896. The number of hydrogen-bond donors (Lipinski definition) is 4. The minimum absolute atomic E-state index is 0. The molecule has 0 spiro atoms. The normalized spacial score (nSPS) is 7.25. The maximum atomic E-state index is 8.74. The van der Waals surface area contributed by atoms with Crippen molar-refractivity contribution in [2.24, 2.45) is 0 Å². The van der Waals surface area contributed by atoms with Gasteiger partial charge >= 0.3 is 96.3 Å². The molecule has 16 heavy (non-hydrogen) atoms. The molecule has 0 aliphatic heterocycles. The molecule has 0 atom stereocenters. The summed E-state index contributed by atoms with van der Waals surface area (Å²) in [5.41, 5.74) is 0. The van der Waals surface area contributed by atoms with Gasteiger partial charge < -0.3 is 11.0 Å². The van der Waals surface area contributed by atoms with Gasteiger partial charge in [-0.2, -0.15) is 16.8 Å². The van der Waals surface area contributed by atoms with Crippen molar-refractivity contribution in [3.8, 4) is 0 Å². The average Bonchev–Trinajstić information content (AvgIpc) is 1.12. The molecule has 0 aromatic carbocycles. The Hall–Kier alpha value is 3.22. The molecule has 10 nitrogen and oxygen atoms in total. The van der Waals surface area contributed by atoms with Crippen LogP contribution in [0, 0.1) is 0 Å². The summed E-state index contributed by atoms with van der Waals surface area (Å²) >= 11 is 0. The molecule has 0 fully saturated rings. The third-order valence-corrected chi connectivity index (χ3v) is 0. The van der Waals surface area contributed by atoms with Crippen molar-refractivity contribution in [2.45, 2.75) is 0 Å². The molecule has 0 bridgehead atoms. The van der Waals surface area contributed by atoms with E-state index in [1.807, 2.05) is 0 Å². The van der Waals surface area contributed by atoms with E-state index in [0.717, 1.165) is 0 Å². The van der Waals surface area contributed by atoms with Crippen LogP contribution in [-0.4, -0.2) is 121 Å². The van der Waals surface area contributed by atoms with Gasteiger partial charge in [0.1, 0.15) is 0 Å². The van der Waals surface area contributed by atoms with Crippen LogP contribution in [0.25, 0.3) is 0 Å².